The van der Waals surface area contributed by atoms with Crippen molar-refractivity contribution in [2.75, 3.05) is 0 Å². The van der Waals surface area contributed by atoms with Crippen LogP contribution < -0.4 is 0 Å². The molecule has 0 fully saturated rings. The van der Waals surface area contributed by atoms with Crippen LogP contribution in [0.15, 0.2) is 18.2 Å². The smallest absolute Gasteiger partial charge is 0.0398 e. The molecule has 0 aliphatic heterocycles. The maximum absolute atomic E-state index is 8.35. The average molecular weight is 295 g/mol. The van der Waals surface area contributed by atoms with Gasteiger partial charge in [0.15, 0.2) is 0 Å². The molecule has 0 amide bonds. The van der Waals surface area contributed by atoms with E-state index in [0.29, 0.717) is 0 Å². The molecule has 0 N–H and O–H groups in total. The summed E-state index contributed by atoms with van der Waals surface area (Å²) in [5.74, 6) is 0. The summed E-state index contributed by atoms with van der Waals surface area (Å²) < 4.78 is 16.7. The van der Waals surface area contributed by atoms with Crippen molar-refractivity contribution in [1.82, 2.24) is 0 Å². The molecule has 15 heavy (non-hydrogen) atoms. The third-order valence-corrected chi connectivity index (χ3v) is 1.37. The number of halogens is 3. The van der Waals surface area contributed by atoms with Crippen LogP contribution in [0.25, 0.3) is 0 Å². The first-order valence-electron chi connectivity index (χ1n) is 3.60. The molecule has 2 nitrogen and oxygen atoms in total. The van der Waals surface area contributed by atoms with Gasteiger partial charge in [0, 0.05) is 0 Å². The zero-order chi connectivity index (χ0) is 9.56. The van der Waals surface area contributed by atoms with Gasteiger partial charge in [0.2, 0.25) is 0 Å². The van der Waals surface area contributed by atoms with E-state index in [4.69, 9.17) is 8.42 Å². The van der Waals surface area contributed by atoms with Gasteiger partial charge in [-0.25, -0.2) is 0 Å². The van der Waals surface area contributed by atoms with Gasteiger partial charge >= 0.3 is 0 Å². The Hall–Kier alpha value is 0.0400. The molecule has 0 unspecified atom stereocenters. The van der Waals surface area contributed by atoms with Crippen molar-refractivity contribution in [2.24, 2.45) is 0 Å². The monoisotopic (exact) mass is 293 g/mol. The van der Waals surface area contributed by atoms with Crippen LogP contribution in [0.3, 0.4) is 0 Å². The van der Waals surface area contributed by atoms with Crippen LogP contribution in [-0.4, -0.2) is 0 Å². The molecule has 92 valence electrons. The Kier molecular flexibility index (Phi) is 22.8. The third-order valence-electron chi connectivity index (χ3n) is 1.37. The van der Waals surface area contributed by atoms with Gasteiger partial charge in [0.05, 0.1) is 0 Å². The molecular weight excluding hydrogens is 279 g/mol. The summed E-state index contributed by atoms with van der Waals surface area (Å²) in [5, 5.41) is 0. The summed E-state index contributed by atoms with van der Waals surface area (Å²) in [5.41, 5.74) is 4.06. The lowest BCUT2D eigenvalue weighted by molar-refractivity contribution is 0.541. The van der Waals surface area contributed by atoms with E-state index in [2.05, 4.69) is 39.0 Å². The topological polar surface area (TPSA) is 34.1 Å². The largest absolute Gasteiger partial charge is 0.427 e. The van der Waals surface area contributed by atoms with Gasteiger partial charge in [-0.3, -0.25) is 0 Å². The minimum Gasteiger partial charge on any atom is -0.427 e. The van der Waals surface area contributed by atoms with E-state index in [1.54, 1.807) is 0 Å². The van der Waals surface area contributed by atoms with Gasteiger partial charge in [0.25, 0.3) is 0 Å². The molecule has 0 atom stereocenters. The van der Waals surface area contributed by atoms with E-state index in [1.165, 1.54) is 16.7 Å². The molecule has 1 aromatic rings. The molecule has 0 heterocycles. The third kappa shape index (κ3) is 14.0. The second kappa shape index (κ2) is 14.0. The Labute approximate surface area is 113 Å². The van der Waals surface area contributed by atoms with Gasteiger partial charge in [-0.2, -0.15) is 0 Å². The number of thiol groups is 1. The van der Waals surface area contributed by atoms with Crippen molar-refractivity contribution in [3.63, 3.8) is 0 Å². The molecule has 1 rings (SSSR count). The molecule has 0 radical (unpaired) electrons. The molecule has 0 aliphatic carbocycles. The van der Waals surface area contributed by atoms with E-state index in [1.807, 2.05) is 0 Å². The first kappa shape index (κ1) is 24.3. The fourth-order valence-electron chi connectivity index (χ4n) is 1.20. The van der Waals surface area contributed by atoms with Gasteiger partial charge in [0.1, 0.15) is 0 Å². The summed E-state index contributed by atoms with van der Waals surface area (Å²) in [6, 6.07) is 6.56. The highest BCUT2D eigenvalue weighted by Crippen LogP contribution is 2.06. The predicted octanol–water partition coefficient (Wildman–Crippen LogP) is 3.37. The van der Waals surface area contributed by atoms with E-state index in [9.17, 15) is 0 Å². The summed E-state index contributed by atoms with van der Waals surface area (Å²) >= 11 is -1.08. The normalized spacial score (nSPS) is 6.87. The van der Waals surface area contributed by atoms with E-state index in [0.717, 1.165) is 0 Å². The van der Waals surface area contributed by atoms with E-state index in [-0.39, 0.29) is 37.2 Å². The molecule has 1 aromatic carbocycles. The zero-order valence-corrected chi connectivity index (χ0v) is 12.1. The van der Waals surface area contributed by atoms with Crippen molar-refractivity contribution in [3.05, 3.63) is 34.9 Å². The van der Waals surface area contributed by atoms with Crippen LogP contribution in [0.5, 0.6) is 0 Å². The summed E-state index contributed by atoms with van der Waals surface area (Å²) in [6.07, 6.45) is 0. The minimum absolute atomic E-state index is 0. The summed E-state index contributed by atoms with van der Waals surface area (Å²) in [6.45, 7) is 6.38. The lowest BCUT2D eigenvalue weighted by Crippen LogP contribution is -1.78. The van der Waals surface area contributed by atoms with Crippen molar-refractivity contribution in [1.29, 1.82) is 0 Å². The Morgan fingerprint density at radius 3 is 1.00 bits per heavy atom. The highest BCUT2D eigenvalue weighted by atomic mass is 35.5. The van der Waals surface area contributed by atoms with Crippen LogP contribution in [0.2, 0.25) is 0 Å². The minimum atomic E-state index is -1.08. The maximum Gasteiger partial charge on any atom is -0.0398 e. The summed E-state index contributed by atoms with van der Waals surface area (Å²) in [4.78, 5) is 0. The molecule has 0 spiro atoms. The zero-order valence-electron chi connectivity index (χ0n) is 8.72. The lowest BCUT2D eigenvalue weighted by atomic mass is 10.1. The van der Waals surface area contributed by atoms with Gasteiger partial charge < -0.3 is 8.42 Å². The Balaban J connectivity index is -0.0000000917. The number of benzene rings is 1. The molecule has 0 saturated carbocycles. The quantitative estimate of drug-likeness (QED) is 0.543. The Morgan fingerprint density at radius 2 is 0.867 bits per heavy atom. The molecule has 0 aliphatic rings. The first-order chi connectivity index (χ1) is 5.60. The van der Waals surface area contributed by atoms with Gasteiger partial charge in [-0.1, -0.05) is 46.5 Å². The van der Waals surface area contributed by atoms with Crippen LogP contribution in [0.1, 0.15) is 16.7 Å². The highest BCUT2D eigenvalue weighted by molar-refractivity contribution is 7.51. The molecule has 0 aromatic heterocycles. The molecular formula is C9H16Cl3O2S-. The van der Waals surface area contributed by atoms with Gasteiger partial charge in [-0.05, 0) is 20.8 Å². The van der Waals surface area contributed by atoms with E-state index < -0.39 is 11.6 Å². The van der Waals surface area contributed by atoms with Crippen molar-refractivity contribution < 1.29 is 8.42 Å². The maximum atomic E-state index is 8.35. The molecule has 0 saturated heterocycles. The average Bonchev–Trinajstić information content (AvgIpc) is 1.84. The SMILES string of the molecule is Cc1cc(C)cc(C)c1.Cl.Cl.Cl.O=[SH-]=O. The fraction of sp³-hybridized carbons (Fsp3) is 0.333. The fourth-order valence-corrected chi connectivity index (χ4v) is 1.20. The van der Waals surface area contributed by atoms with Crippen LogP contribution in [0.4, 0.5) is 0 Å². The number of hydrogen-bond acceptors (Lipinski definition) is 3. The second-order valence-electron chi connectivity index (χ2n) is 2.74. The van der Waals surface area contributed by atoms with Crippen LogP contribution in [0, 0.1) is 20.8 Å². The van der Waals surface area contributed by atoms with E-state index >= 15 is 0 Å². The van der Waals surface area contributed by atoms with Crippen molar-refractivity contribution in [3.8, 4) is 0 Å². The number of rotatable bonds is 0. The lowest BCUT2D eigenvalue weighted by Gasteiger charge is -1.96. The number of hydrogen-bond donors (Lipinski definition) is 0. The molecule has 6 heteroatoms. The van der Waals surface area contributed by atoms with Crippen molar-refractivity contribution >= 4 is 48.8 Å². The molecule has 0 bridgehead atoms. The van der Waals surface area contributed by atoms with Crippen LogP contribution >= 0.6 is 37.2 Å². The Morgan fingerprint density at radius 1 is 0.733 bits per heavy atom. The Bertz CT molecular complexity index is 249. The standard InChI is InChI=1S/C9H12.3ClH.HO2S/c1-7-4-8(2)6-9(3)5-7;;;;1-3-2/h4-6H,1-3H3;3*1H;3H/q;;;;-1. The first-order valence-corrected chi connectivity index (χ1v) is 4.33. The predicted molar refractivity (Wildman–Crippen MR) is 72.5 cm³/mol. The van der Waals surface area contributed by atoms with Gasteiger partial charge in [-0.15, -0.1) is 37.2 Å². The number of aryl methyl sites for hydroxylation is 3. The summed E-state index contributed by atoms with van der Waals surface area (Å²) in [7, 11) is 0. The highest BCUT2D eigenvalue weighted by Gasteiger charge is 1.87. The van der Waals surface area contributed by atoms with Crippen molar-refractivity contribution in [2.45, 2.75) is 20.8 Å². The second-order valence-corrected chi connectivity index (χ2v) is 2.89. The van der Waals surface area contributed by atoms with Crippen LogP contribution in [-0.2, 0) is 20.0 Å².